The highest BCUT2D eigenvalue weighted by atomic mass is 32.1. The molecule has 0 fully saturated rings. The molecule has 0 aliphatic heterocycles. The molecule has 0 atom stereocenters. The van der Waals surface area contributed by atoms with Gasteiger partial charge in [0.15, 0.2) is 5.13 Å². The Labute approximate surface area is 178 Å². The van der Waals surface area contributed by atoms with Crippen LogP contribution in [0.4, 0.5) is 21.6 Å². The van der Waals surface area contributed by atoms with E-state index in [1.165, 1.54) is 18.3 Å². The number of carbonyl (C=O) groups is 2. The van der Waals surface area contributed by atoms with Crippen molar-refractivity contribution in [1.82, 2.24) is 15.1 Å². The maximum absolute atomic E-state index is 12.2. The average molecular weight is 429 g/mol. The quantitative estimate of drug-likeness (QED) is 0.540. The molecule has 158 valence electrons. The average Bonchev–Trinajstić information content (AvgIpc) is 3.29. The van der Waals surface area contributed by atoms with Crippen molar-refractivity contribution in [1.29, 1.82) is 0 Å². The largest absolute Gasteiger partial charge is 0.338 e. The molecule has 3 aromatic heterocycles. The van der Waals surface area contributed by atoms with E-state index >= 15 is 0 Å². The van der Waals surface area contributed by atoms with Crippen LogP contribution in [0.25, 0.3) is 0 Å². The van der Waals surface area contributed by atoms with E-state index in [2.05, 4.69) is 31.1 Å². The van der Waals surface area contributed by atoms with Crippen LogP contribution in [0.2, 0.25) is 0 Å². The summed E-state index contributed by atoms with van der Waals surface area (Å²) in [6.45, 7) is 7.48. The maximum atomic E-state index is 12.2. The number of anilines is 3. The molecule has 9 nitrogen and oxygen atoms in total. The Morgan fingerprint density at radius 1 is 1.10 bits per heavy atom. The number of thiazole rings is 1. The molecule has 0 unspecified atom stereocenters. The molecule has 30 heavy (non-hydrogen) atoms. The van der Waals surface area contributed by atoms with E-state index in [1.54, 1.807) is 18.5 Å². The van der Waals surface area contributed by atoms with Crippen LogP contribution < -0.4 is 16.0 Å². The van der Waals surface area contributed by atoms with Crippen LogP contribution >= 0.6 is 11.3 Å². The third kappa shape index (κ3) is 6.11. The number of nitrogens with zero attached hydrogens (tertiary/aromatic N) is 3. The molecule has 3 rings (SSSR count). The van der Waals surface area contributed by atoms with Gasteiger partial charge in [0, 0.05) is 35.7 Å². The van der Waals surface area contributed by atoms with Gasteiger partial charge in [-0.25, -0.2) is 14.8 Å². The number of amides is 3. The van der Waals surface area contributed by atoms with Gasteiger partial charge in [0.1, 0.15) is 5.82 Å². The molecule has 3 N–H and O–H groups in total. The zero-order valence-corrected chi connectivity index (χ0v) is 18.1. The minimum absolute atomic E-state index is 0.156. The van der Waals surface area contributed by atoms with Gasteiger partial charge in [-0.2, -0.15) is 0 Å². The van der Waals surface area contributed by atoms with Gasteiger partial charge in [-0.1, -0.05) is 25.9 Å². The van der Waals surface area contributed by atoms with E-state index in [9.17, 15) is 9.59 Å². The summed E-state index contributed by atoms with van der Waals surface area (Å²) in [5, 5.41) is 12.5. The summed E-state index contributed by atoms with van der Waals surface area (Å²) in [6.07, 6.45) is 4.92. The van der Waals surface area contributed by atoms with Crippen molar-refractivity contribution < 1.29 is 14.1 Å². The van der Waals surface area contributed by atoms with E-state index in [-0.39, 0.29) is 17.2 Å². The molecule has 0 bridgehead atoms. The summed E-state index contributed by atoms with van der Waals surface area (Å²) in [5.41, 5.74) is 1.64. The molecule has 3 heterocycles. The summed E-state index contributed by atoms with van der Waals surface area (Å²) in [6, 6.07) is 5.01. The molecule has 0 aliphatic carbocycles. The predicted octanol–water partition coefficient (Wildman–Crippen LogP) is 4.21. The predicted molar refractivity (Wildman–Crippen MR) is 116 cm³/mol. The lowest BCUT2D eigenvalue weighted by molar-refractivity contribution is -0.114. The minimum Gasteiger partial charge on any atom is -0.338 e. The second-order valence-electron chi connectivity index (χ2n) is 7.77. The lowest BCUT2D eigenvalue weighted by Crippen LogP contribution is -2.19. The first-order valence-electron chi connectivity index (χ1n) is 9.41. The van der Waals surface area contributed by atoms with E-state index in [0.29, 0.717) is 10.9 Å². The molecular weight excluding hydrogens is 404 g/mol. The van der Waals surface area contributed by atoms with Gasteiger partial charge in [-0.3, -0.25) is 15.4 Å². The van der Waals surface area contributed by atoms with Crippen molar-refractivity contribution in [2.24, 2.45) is 0 Å². The number of pyridine rings is 1. The molecule has 3 amide bonds. The number of carbonyl (C=O) groups excluding carboxylic acids is 2. The van der Waals surface area contributed by atoms with Crippen molar-refractivity contribution >= 4 is 40.1 Å². The Morgan fingerprint density at radius 2 is 1.90 bits per heavy atom. The number of urea groups is 1. The van der Waals surface area contributed by atoms with E-state index in [4.69, 9.17) is 4.52 Å². The Morgan fingerprint density at radius 3 is 2.60 bits per heavy atom. The van der Waals surface area contributed by atoms with Gasteiger partial charge in [0.2, 0.25) is 11.8 Å². The Kier molecular flexibility index (Phi) is 6.46. The number of aromatic nitrogens is 3. The molecule has 0 saturated heterocycles. The summed E-state index contributed by atoms with van der Waals surface area (Å²) < 4.78 is 5.16. The summed E-state index contributed by atoms with van der Waals surface area (Å²) in [4.78, 5) is 32.7. The lowest BCUT2D eigenvalue weighted by Gasteiger charge is -2.12. The fraction of sp³-hybridized carbons (Fsp3) is 0.350. The van der Waals surface area contributed by atoms with Crippen molar-refractivity contribution in [3.63, 3.8) is 0 Å². The molecule has 0 aromatic carbocycles. The van der Waals surface area contributed by atoms with Crippen LogP contribution in [0, 0.1) is 0 Å². The van der Waals surface area contributed by atoms with Crippen molar-refractivity contribution in [3.8, 4) is 0 Å². The topological polar surface area (TPSA) is 122 Å². The first kappa shape index (κ1) is 21.4. The fourth-order valence-corrected chi connectivity index (χ4v) is 3.36. The monoisotopic (exact) mass is 428 g/mol. The number of hydrogen-bond acceptors (Lipinski definition) is 7. The van der Waals surface area contributed by atoms with Crippen LogP contribution in [0.1, 0.15) is 43.8 Å². The standard InChI is InChI=1S/C20H24N6O3S/c1-12(27)23-16-9-13(7-8-21-16)5-6-14-11-22-19(30-14)25-18(28)24-17-10-15(26-29-17)20(2,3)4/h7-11H,5-6H2,1-4H3,(H,21,23,27)(H2,22,24,25,28). The zero-order chi connectivity index (χ0) is 21.7. The molecular formula is C20H24N6O3S. The van der Waals surface area contributed by atoms with E-state index in [1.807, 2.05) is 32.9 Å². The van der Waals surface area contributed by atoms with Crippen LogP contribution in [0.5, 0.6) is 0 Å². The number of hydrogen-bond donors (Lipinski definition) is 3. The highest BCUT2D eigenvalue weighted by Gasteiger charge is 2.20. The molecule has 0 aliphatic rings. The van der Waals surface area contributed by atoms with Crippen LogP contribution in [0.15, 0.2) is 35.1 Å². The van der Waals surface area contributed by atoms with Gasteiger partial charge in [-0.05, 0) is 30.5 Å². The fourth-order valence-electron chi connectivity index (χ4n) is 2.55. The highest BCUT2D eigenvalue weighted by molar-refractivity contribution is 7.15. The third-order valence-corrected chi connectivity index (χ3v) is 5.05. The minimum atomic E-state index is -0.443. The molecule has 0 saturated carbocycles. The van der Waals surface area contributed by atoms with Crippen LogP contribution in [-0.4, -0.2) is 27.1 Å². The first-order chi connectivity index (χ1) is 14.2. The smallest absolute Gasteiger partial charge is 0.327 e. The number of nitrogens with one attached hydrogen (secondary N) is 3. The molecule has 10 heteroatoms. The van der Waals surface area contributed by atoms with Gasteiger partial charge < -0.3 is 9.84 Å². The SMILES string of the molecule is CC(=O)Nc1cc(CCc2cnc(NC(=O)Nc3cc(C(C)(C)C)no3)s2)ccn1. The normalized spacial score (nSPS) is 11.2. The summed E-state index contributed by atoms with van der Waals surface area (Å²) in [7, 11) is 0. The Balaban J connectivity index is 1.52. The number of aryl methyl sites for hydroxylation is 2. The van der Waals surface area contributed by atoms with Gasteiger partial charge >= 0.3 is 6.03 Å². The van der Waals surface area contributed by atoms with Crippen LogP contribution in [0.3, 0.4) is 0 Å². The van der Waals surface area contributed by atoms with Crippen LogP contribution in [-0.2, 0) is 23.1 Å². The van der Waals surface area contributed by atoms with Crippen molar-refractivity contribution in [2.75, 3.05) is 16.0 Å². The zero-order valence-electron chi connectivity index (χ0n) is 17.3. The Bertz CT molecular complexity index is 1040. The van der Waals surface area contributed by atoms with Crippen molar-refractivity contribution in [3.05, 3.63) is 46.7 Å². The summed E-state index contributed by atoms with van der Waals surface area (Å²) >= 11 is 1.40. The first-order valence-corrected chi connectivity index (χ1v) is 10.2. The third-order valence-electron chi connectivity index (χ3n) is 4.08. The second kappa shape index (κ2) is 9.04. The maximum Gasteiger partial charge on any atom is 0.327 e. The highest BCUT2D eigenvalue weighted by Crippen LogP contribution is 2.24. The number of rotatable bonds is 6. The molecule has 0 spiro atoms. The van der Waals surface area contributed by atoms with E-state index in [0.717, 1.165) is 29.0 Å². The van der Waals surface area contributed by atoms with Gasteiger partial charge in [0.25, 0.3) is 0 Å². The molecule has 0 radical (unpaired) electrons. The summed E-state index contributed by atoms with van der Waals surface area (Å²) in [5.74, 6) is 0.656. The van der Waals surface area contributed by atoms with Crippen molar-refractivity contribution in [2.45, 2.75) is 46.0 Å². The molecule has 3 aromatic rings. The van der Waals surface area contributed by atoms with Gasteiger partial charge in [-0.15, -0.1) is 11.3 Å². The second-order valence-corrected chi connectivity index (χ2v) is 8.88. The Hall–Kier alpha value is -3.27. The lowest BCUT2D eigenvalue weighted by atomic mass is 9.92. The van der Waals surface area contributed by atoms with E-state index < -0.39 is 6.03 Å². The van der Waals surface area contributed by atoms with Gasteiger partial charge in [0.05, 0.1) is 5.69 Å².